The lowest BCUT2D eigenvalue weighted by atomic mass is 10.2. The van der Waals surface area contributed by atoms with Gasteiger partial charge in [-0.1, -0.05) is 23.8 Å². The number of benzene rings is 2. The van der Waals surface area contributed by atoms with E-state index in [1.54, 1.807) is 12.1 Å². The smallest absolute Gasteiger partial charge is 0.165 e. The van der Waals surface area contributed by atoms with Gasteiger partial charge in [-0.2, -0.15) is 0 Å². The summed E-state index contributed by atoms with van der Waals surface area (Å²) >= 11 is 0. The number of hydrogen-bond donors (Lipinski definition) is 0. The molecule has 0 aliphatic rings. The number of hydrogen-bond acceptors (Lipinski definition) is 1. The van der Waals surface area contributed by atoms with Crippen LogP contribution in [0, 0.1) is 19.7 Å². The molecule has 2 aromatic carbocycles. The maximum absolute atomic E-state index is 13.4. The minimum atomic E-state index is -0.342. The Labute approximate surface area is 94.5 Å². The summed E-state index contributed by atoms with van der Waals surface area (Å²) in [5.41, 5.74) is 2.13. The second-order valence-electron chi connectivity index (χ2n) is 3.85. The molecule has 0 amide bonds. The van der Waals surface area contributed by atoms with Crippen LogP contribution in [-0.4, -0.2) is 0 Å². The number of aryl methyl sites for hydroxylation is 2. The molecule has 82 valence electrons. The fraction of sp³-hybridized carbons (Fsp3) is 0.143. The average Bonchev–Trinajstić information content (AvgIpc) is 2.27. The first-order chi connectivity index (χ1) is 7.65. The van der Waals surface area contributed by atoms with Crippen molar-refractivity contribution in [2.75, 3.05) is 0 Å². The normalized spacial score (nSPS) is 10.2. The molecule has 2 rings (SSSR count). The first-order valence-electron chi connectivity index (χ1n) is 5.16. The molecule has 1 nitrogen and oxygen atoms in total. The van der Waals surface area contributed by atoms with Crippen molar-refractivity contribution in [2.24, 2.45) is 0 Å². The highest BCUT2D eigenvalue weighted by Crippen LogP contribution is 2.25. The second-order valence-corrected chi connectivity index (χ2v) is 3.85. The summed E-state index contributed by atoms with van der Waals surface area (Å²) in [5.74, 6) is 0.574. The highest BCUT2D eigenvalue weighted by molar-refractivity contribution is 5.35. The van der Waals surface area contributed by atoms with Gasteiger partial charge in [0.2, 0.25) is 0 Å². The van der Waals surface area contributed by atoms with Gasteiger partial charge in [0.15, 0.2) is 11.6 Å². The predicted octanol–water partition coefficient (Wildman–Crippen LogP) is 4.23. The maximum Gasteiger partial charge on any atom is 0.165 e. The van der Waals surface area contributed by atoms with E-state index >= 15 is 0 Å². The zero-order chi connectivity index (χ0) is 11.5. The Balaban J connectivity index is 2.26. The molecule has 16 heavy (non-hydrogen) atoms. The largest absolute Gasteiger partial charge is 0.454 e. The average molecular weight is 216 g/mol. The quantitative estimate of drug-likeness (QED) is 0.729. The SMILES string of the molecule is Cc1ccc(Oc2cc(C)ccc2F)cc1. The van der Waals surface area contributed by atoms with Crippen LogP contribution >= 0.6 is 0 Å². The summed E-state index contributed by atoms with van der Waals surface area (Å²) in [6.45, 7) is 3.90. The Hall–Kier alpha value is -1.83. The van der Waals surface area contributed by atoms with Crippen molar-refractivity contribution in [2.45, 2.75) is 13.8 Å². The van der Waals surface area contributed by atoms with Gasteiger partial charge in [-0.25, -0.2) is 4.39 Å². The summed E-state index contributed by atoms with van der Waals surface area (Å²) < 4.78 is 18.9. The third-order valence-corrected chi connectivity index (χ3v) is 2.34. The molecule has 0 spiro atoms. The third kappa shape index (κ3) is 2.40. The van der Waals surface area contributed by atoms with E-state index in [4.69, 9.17) is 4.74 Å². The molecule has 0 saturated carbocycles. The van der Waals surface area contributed by atoms with Crippen molar-refractivity contribution in [3.63, 3.8) is 0 Å². The Morgan fingerprint density at radius 2 is 1.50 bits per heavy atom. The zero-order valence-electron chi connectivity index (χ0n) is 9.33. The van der Waals surface area contributed by atoms with Crippen LogP contribution < -0.4 is 4.74 Å². The molecule has 0 aliphatic carbocycles. The first kappa shape index (κ1) is 10.7. The van der Waals surface area contributed by atoms with E-state index < -0.39 is 0 Å². The summed E-state index contributed by atoms with van der Waals surface area (Å²) in [5, 5.41) is 0. The zero-order valence-corrected chi connectivity index (χ0v) is 9.33. The van der Waals surface area contributed by atoms with E-state index in [0.717, 1.165) is 11.1 Å². The summed E-state index contributed by atoms with van der Waals surface area (Å²) in [7, 11) is 0. The highest BCUT2D eigenvalue weighted by atomic mass is 19.1. The monoisotopic (exact) mass is 216 g/mol. The van der Waals surface area contributed by atoms with Gasteiger partial charge in [0, 0.05) is 0 Å². The molecule has 0 fully saturated rings. The molecule has 0 aliphatic heterocycles. The fourth-order valence-electron chi connectivity index (χ4n) is 1.42. The molecule has 0 saturated heterocycles. The minimum Gasteiger partial charge on any atom is -0.454 e. The van der Waals surface area contributed by atoms with E-state index in [1.165, 1.54) is 6.07 Å². The van der Waals surface area contributed by atoms with Gasteiger partial charge >= 0.3 is 0 Å². The second kappa shape index (κ2) is 4.35. The molecule has 0 bridgehead atoms. The van der Waals surface area contributed by atoms with Crippen molar-refractivity contribution >= 4 is 0 Å². The van der Waals surface area contributed by atoms with Gasteiger partial charge in [-0.3, -0.25) is 0 Å². The van der Waals surface area contributed by atoms with Crippen LogP contribution in [0.3, 0.4) is 0 Å². The van der Waals surface area contributed by atoms with Gasteiger partial charge in [0.25, 0.3) is 0 Å². The van der Waals surface area contributed by atoms with Crippen LogP contribution in [-0.2, 0) is 0 Å². The molecular formula is C14H13FO. The molecule has 0 N–H and O–H groups in total. The summed E-state index contributed by atoms with van der Waals surface area (Å²) in [4.78, 5) is 0. The predicted molar refractivity (Wildman–Crippen MR) is 62.4 cm³/mol. The number of rotatable bonds is 2. The molecular weight excluding hydrogens is 203 g/mol. The Bertz CT molecular complexity index is 489. The Kier molecular flexibility index (Phi) is 2.91. The van der Waals surface area contributed by atoms with E-state index in [0.29, 0.717) is 5.75 Å². The van der Waals surface area contributed by atoms with E-state index in [2.05, 4.69) is 0 Å². The molecule has 0 radical (unpaired) electrons. The maximum atomic E-state index is 13.4. The number of ether oxygens (including phenoxy) is 1. The highest BCUT2D eigenvalue weighted by Gasteiger charge is 2.04. The molecule has 0 heterocycles. The van der Waals surface area contributed by atoms with Crippen molar-refractivity contribution < 1.29 is 9.13 Å². The molecule has 2 heteroatoms. The van der Waals surface area contributed by atoms with Crippen molar-refractivity contribution in [1.82, 2.24) is 0 Å². The Morgan fingerprint density at radius 3 is 2.19 bits per heavy atom. The summed E-state index contributed by atoms with van der Waals surface area (Å²) in [6, 6.07) is 12.4. The van der Waals surface area contributed by atoms with Crippen molar-refractivity contribution in [1.29, 1.82) is 0 Å². The van der Waals surface area contributed by atoms with Gasteiger partial charge in [-0.05, 0) is 43.7 Å². The van der Waals surface area contributed by atoms with E-state index in [9.17, 15) is 4.39 Å². The van der Waals surface area contributed by atoms with Crippen molar-refractivity contribution in [3.8, 4) is 11.5 Å². The standard InChI is InChI=1S/C14H13FO/c1-10-3-6-12(7-4-10)16-14-9-11(2)5-8-13(14)15/h3-9H,1-2H3. The summed E-state index contributed by atoms with van der Waals surface area (Å²) in [6.07, 6.45) is 0. The number of halogens is 1. The van der Waals surface area contributed by atoms with Gasteiger partial charge < -0.3 is 4.74 Å². The van der Waals surface area contributed by atoms with Gasteiger partial charge in [0.1, 0.15) is 5.75 Å². The van der Waals surface area contributed by atoms with Crippen LogP contribution in [0.15, 0.2) is 42.5 Å². The Morgan fingerprint density at radius 1 is 0.875 bits per heavy atom. The van der Waals surface area contributed by atoms with Crippen molar-refractivity contribution in [3.05, 3.63) is 59.4 Å². The topological polar surface area (TPSA) is 9.23 Å². The van der Waals surface area contributed by atoms with Crippen LogP contribution in [0.25, 0.3) is 0 Å². The van der Waals surface area contributed by atoms with E-state index in [-0.39, 0.29) is 11.6 Å². The fourth-order valence-corrected chi connectivity index (χ4v) is 1.42. The minimum absolute atomic E-state index is 0.267. The van der Waals surface area contributed by atoms with Crippen LogP contribution in [0.2, 0.25) is 0 Å². The lowest BCUT2D eigenvalue weighted by molar-refractivity contribution is 0.442. The lowest BCUT2D eigenvalue weighted by Crippen LogP contribution is -1.89. The van der Waals surface area contributed by atoms with Gasteiger partial charge in [-0.15, -0.1) is 0 Å². The molecule has 0 aromatic heterocycles. The molecule has 0 atom stereocenters. The van der Waals surface area contributed by atoms with E-state index in [1.807, 2.05) is 38.1 Å². The lowest BCUT2D eigenvalue weighted by Gasteiger charge is -2.07. The third-order valence-electron chi connectivity index (χ3n) is 2.34. The molecule has 0 unspecified atom stereocenters. The van der Waals surface area contributed by atoms with Crippen LogP contribution in [0.4, 0.5) is 4.39 Å². The van der Waals surface area contributed by atoms with Crippen LogP contribution in [0.1, 0.15) is 11.1 Å². The van der Waals surface area contributed by atoms with Gasteiger partial charge in [0.05, 0.1) is 0 Å². The first-order valence-corrected chi connectivity index (χ1v) is 5.16. The molecule has 2 aromatic rings. The van der Waals surface area contributed by atoms with Crippen LogP contribution in [0.5, 0.6) is 11.5 Å².